The Labute approximate surface area is 152 Å². The number of hydrogen-bond donors (Lipinski definition) is 1. The predicted octanol–water partition coefficient (Wildman–Crippen LogP) is 2.32. The Kier molecular flexibility index (Phi) is 4.53. The Morgan fingerprint density at radius 3 is 2.73 bits per heavy atom. The second-order valence-electron chi connectivity index (χ2n) is 7.36. The quantitative estimate of drug-likeness (QED) is 0.915. The van der Waals surface area contributed by atoms with E-state index in [9.17, 15) is 9.59 Å². The number of nitrogens with zero attached hydrogens (tertiary/aromatic N) is 4. The number of rotatable bonds is 4. The zero-order valence-corrected chi connectivity index (χ0v) is 15.1. The van der Waals surface area contributed by atoms with Crippen molar-refractivity contribution < 1.29 is 4.79 Å². The molecule has 1 aliphatic heterocycles. The third-order valence-corrected chi connectivity index (χ3v) is 5.41. The normalized spacial score (nSPS) is 19.5. The third kappa shape index (κ3) is 3.52. The number of amides is 2. The van der Waals surface area contributed by atoms with E-state index >= 15 is 0 Å². The molecule has 0 spiro atoms. The summed E-state index contributed by atoms with van der Waals surface area (Å²) in [5.41, 5.74) is 0.790. The van der Waals surface area contributed by atoms with Crippen molar-refractivity contribution in [2.24, 2.45) is 5.92 Å². The smallest absolute Gasteiger partial charge is 0.325 e. The molecule has 4 rings (SSSR count). The number of fused-ring (bicyclic) bond motifs is 1. The molecule has 2 amide bonds. The van der Waals surface area contributed by atoms with E-state index in [0.29, 0.717) is 12.5 Å². The molecule has 0 bridgehead atoms. The van der Waals surface area contributed by atoms with Crippen molar-refractivity contribution in [1.29, 1.82) is 0 Å². The molecule has 0 radical (unpaired) electrons. The molecule has 26 heavy (non-hydrogen) atoms. The van der Waals surface area contributed by atoms with E-state index in [1.54, 1.807) is 14.1 Å². The van der Waals surface area contributed by atoms with Gasteiger partial charge in [-0.15, -0.1) is 0 Å². The van der Waals surface area contributed by atoms with Crippen LogP contribution in [0.15, 0.2) is 35.1 Å². The van der Waals surface area contributed by atoms with Crippen molar-refractivity contribution in [1.82, 2.24) is 19.2 Å². The van der Waals surface area contributed by atoms with Crippen LogP contribution in [-0.4, -0.2) is 38.4 Å². The van der Waals surface area contributed by atoms with E-state index in [1.807, 2.05) is 37.4 Å². The molecule has 2 heterocycles. The number of aromatic nitrogens is 3. The van der Waals surface area contributed by atoms with Crippen LogP contribution in [0.5, 0.6) is 0 Å². The monoisotopic (exact) mass is 355 g/mol. The molecule has 1 fully saturated rings. The number of nitrogens with one attached hydrogen (secondary N) is 1. The first kappa shape index (κ1) is 16.9. The van der Waals surface area contributed by atoms with Crippen LogP contribution < -0.4 is 11.0 Å². The van der Waals surface area contributed by atoms with Crippen molar-refractivity contribution in [2.45, 2.75) is 51.2 Å². The van der Waals surface area contributed by atoms with E-state index in [0.717, 1.165) is 37.3 Å². The fourth-order valence-corrected chi connectivity index (χ4v) is 3.56. The largest absolute Gasteiger partial charge is 0.345 e. The molecule has 2 aliphatic rings. The average molecular weight is 355 g/mol. The van der Waals surface area contributed by atoms with E-state index in [2.05, 4.69) is 10.4 Å². The summed E-state index contributed by atoms with van der Waals surface area (Å²) in [4.78, 5) is 26.8. The Balaban J connectivity index is 1.40. The van der Waals surface area contributed by atoms with Crippen molar-refractivity contribution in [2.75, 3.05) is 12.4 Å². The second kappa shape index (κ2) is 6.97. The van der Waals surface area contributed by atoms with Crippen LogP contribution in [0.4, 0.5) is 10.5 Å². The molecule has 1 N–H and O–H groups in total. The van der Waals surface area contributed by atoms with Gasteiger partial charge in [0.1, 0.15) is 5.82 Å². The molecule has 138 valence electrons. The van der Waals surface area contributed by atoms with Crippen LogP contribution in [0.1, 0.15) is 31.5 Å². The van der Waals surface area contributed by atoms with Gasteiger partial charge in [0.05, 0.1) is 0 Å². The predicted molar refractivity (Wildman–Crippen MR) is 99.2 cm³/mol. The highest BCUT2D eigenvalue weighted by Gasteiger charge is 2.28. The van der Waals surface area contributed by atoms with Gasteiger partial charge in [0.25, 0.3) is 0 Å². The molecule has 2 aromatic rings. The van der Waals surface area contributed by atoms with Gasteiger partial charge in [-0.25, -0.2) is 14.3 Å². The van der Waals surface area contributed by atoms with Crippen molar-refractivity contribution in [3.05, 3.63) is 46.6 Å². The molecule has 1 atom stereocenters. The summed E-state index contributed by atoms with van der Waals surface area (Å²) in [5.74, 6) is 1.49. The molecule has 0 saturated heterocycles. The fraction of sp³-hybridized carbons (Fsp3) is 0.526. The van der Waals surface area contributed by atoms with Gasteiger partial charge in [0.2, 0.25) is 0 Å². The molecule has 1 unspecified atom stereocenters. The number of aryl methyl sites for hydroxylation is 1. The fourth-order valence-electron chi connectivity index (χ4n) is 3.56. The zero-order valence-electron chi connectivity index (χ0n) is 15.1. The number of para-hydroxylation sites is 1. The van der Waals surface area contributed by atoms with Crippen LogP contribution in [0.25, 0.3) is 0 Å². The van der Waals surface area contributed by atoms with Crippen LogP contribution in [0.3, 0.4) is 0 Å². The van der Waals surface area contributed by atoms with E-state index in [1.165, 1.54) is 12.8 Å². The van der Waals surface area contributed by atoms with Gasteiger partial charge in [-0.1, -0.05) is 18.2 Å². The highest BCUT2D eigenvalue weighted by molar-refractivity contribution is 5.89. The van der Waals surface area contributed by atoms with Gasteiger partial charge in [-0.05, 0) is 43.7 Å². The molecular weight excluding hydrogens is 330 g/mol. The van der Waals surface area contributed by atoms with Gasteiger partial charge in [0, 0.05) is 38.3 Å². The van der Waals surface area contributed by atoms with Gasteiger partial charge in [-0.3, -0.25) is 4.57 Å². The molecule has 7 heteroatoms. The minimum absolute atomic E-state index is 0.00365. The minimum Gasteiger partial charge on any atom is -0.325 e. The van der Waals surface area contributed by atoms with Gasteiger partial charge < -0.3 is 10.2 Å². The number of benzene rings is 1. The molecule has 7 nitrogen and oxygen atoms in total. The van der Waals surface area contributed by atoms with Crippen molar-refractivity contribution in [3.8, 4) is 0 Å². The molecule has 1 aromatic heterocycles. The summed E-state index contributed by atoms with van der Waals surface area (Å²) in [7, 11) is 1.82. The van der Waals surface area contributed by atoms with Crippen molar-refractivity contribution in [3.63, 3.8) is 0 Å². The number of carbonyl (C=O) groups is 1. The van der Waals surface area contributed by atoms with Gasteiger partial charge in [-0.2, -0.15) is 5.10 Å². The number of carbonyl (C=O) groups excluding carboxylic acids is 1. The van der Waals surface area contributed by atoms with Crippen LogP contribution >= 0.6 is 0 Å². The highest BCUT2D eigenvalue weighted by Crippen LogP contribution is 2.30. The van der Waals surface area contributed by atoms with E-state index in [-0.39, 0.29) is 17.8 Å². The standard InChI is InChI=1S/C19H25N5O2/c1-22(18(25)20-15-5-3-2-4-6-15)16-9-10-17-21-24(13-14-7-8-14)19(26)23(17)12-11-16/h2-6,14,16H,7-13H2,1H3,(H,20,25). The van der Waals surface area contributed by atoms with Gasteiger partial charge >= 0.3 is 11.7 Å². The average Bonchev–Trinajstić information content (AvgIpc) is 3.44. The third-order valence-electron chi connectivity index (χ3n) is 5.41. The summed E-state index contributed by atoms with van der Waals surface area (Å²) in [6.45, 7) is 1.37. The lowest BCUT2D eigenvalue weighted by molar-refractivity contribution is 0.196. The molecule has 1 aromatic carbocycles. The number of hydrogen-bond acceptors (Lipinski definition) is 3. The lowest BCUT2D eigenvalue weighted by Crippen LogP contribution is -2.40. The Hall–Kier alpha value is -2.57. The minimum atomic E-state index is -0.119. The molecule has 1 aliphatic carbocycles. The maximum Gasteiger partial charge on any atom is 0.345 e. The maximum atomic E-state index is 12.6. The zero-order chi connectivity index (χ0) is 18.1. The van der Waals surface area contributed by atoms with Crippen LogP contribution in [0, 0.1) is 5.92 Å². The van der Waals surface area contributed by atoms with E-state index < -0.39 is 0 Å². The summed E-state index contributed by atoms with van der Waals surface area (Å²) >= 11 is 0. The van der Waals surface area contributed by atoms with Crippen LogP contribution in [-0.2, 0) is 19.5 Å². The lowest BCUT2D eigenvalue weighted by Gasteiger charge is -2.27. The topological polar surface area (TPSA) is 72.2 Å². The summed E-state index contributed by atoms with van der Waals surface area (Å²) in [6.07, 6.45) is 4.72. The maximum absolute atomic E-state index is 12.6. The first-order chi connectivity index (χ1) is 12.6. The Morgan fingerprint density at radius 2 is 2.00 bits per heavy atom. The second-order valence-corrected chi connectivity index (χ2v) is 7.36. The summed E-state index contributed by atoms with van der Waals surface area (Å²) in [6, 6.07) is 9.43. The first-order valence-electron chi connectivity index (χ1n) is 9.37. The van der Waals surface area contributed by atoms with Gasteiger partial charge in [0.15, 0.2) is 0 Å². The Morgan fingerprint density at radius 1 is 1.23 bits per heavy atom. The Bertz CT molecular complexity index is 837. The van der Waals surface area contributed by atoms with E-state index in [4.69, 9.17) is 0 Å². The molecular formula is C19H25N5O2. The highest BCUT2D eigenvalue weighted by atomic mass is 16.2. The van der Waals surface area contributed by atoms with Crippen LogP contribution in [0.2, 0.25) is 0 Å². The number of anilines is 1. The summed E-state index contributed by atoms with van der Waals surface area (Å²) in [5, 5.41) is 7.47. The van der Waals surface area contributed by atoms with Crippen molar-refractivity contribution >= 4 is 11.7 Å². The summed E-state index contributed by atoms with van der Waals surface area (Å²) < 4.78 is 3.43. The first-order valence-corrected chi connectivity index (χ1v) is 9.37. The lowest BCUT2D eigenvalue weighted by atomic mass is 10.1. The number of urea groups is 1. The molecule has 1 saturated carbocycles. The SMILES string of the molecule is CN(C(=O)Nc1ccccc1)C1CCc2nn(CC3CC3)c(=O)n2CC1.